The Morgan fingerprint density at radius 3 is 3.23 bits per heavy atom. The van der Waals surface area contributed by atoms with Crippen LogP contribution >= 0.6 is 0 Å². The number of fused-ring (bicyclic) bond motifs is 1. The summed E-state index contributed by atoms with van der Waals surface area (Å²) in [5.41, 5.74) is 0. The molecular formula is C9H13NO3. The summed E-state index contributed by atoms with van der Waals surface area (Å²) in [6, 6.07) is 0.231. The van der Waals surface area contributed by atoms with Crippen LogP contribution in [0.5, 0.6) is 0 Å². The van der Waals surface area contributed by atoms with E-state index in [4.69, 9.17) is 9.47 Å². The van der Waals surface area contributed by atoms with Crippen molar-refractivity contribution in [3.05, 3.63) is 12.7 Å². The number of carbonyl (C=O) groups excluding carboxylic acids is 1. The molecule has 0 aromatic heterocycles. The van der Waals surface area contributed by atoms with E-state index < -0.39 is 6.16 Å². The zero-order chi connectivity index (χ0) is 9.26. The van der Waals surface area contributed by atoms with Crippen LogP contribution in [0.4, 0.5) is 4.79 Å². The molecular weight excluding hydrogens is 170 g/mol. The van der Waals surface area contributed by atoms with Crippen LogP contribution in [0.2, 0.25) is 0 Å². The first-order valence-electron chi connectivity index (χ1n) is 4.53. The molecule has 2 aliphatic rings. The largest absolute Gasteiger partial charge is 0.509 e. The topological polar surface area (TPSA) is 47.6 Å². The normalized spacial score (nSPS) is 36.6. The molecule has 0 aromatic carbocycles. The summed E-state index contributed by atoms with van der Waals surface area (Å²) in [6.07, 6.45) is 3.04. The third-order valence-electron chi connectivity index (χ3n) is 2.51. The first kappa shape index (κ1) is 8.56. The van der Waals surface area contributed by atoms with Gasteiger partial charge >= 0.3 is 6.16 Å². The molecule has 0 bridgehead atoms. The van der Waals surface area contributed by atoms with Crippen LogP contribution in [0, 0.1) is 0 Å². The number of nitrogens with one attached hydrogen (secondary N) is 1. The van der Waals surface area contributed by atoms with Crippen LogP contribution in [0.1, 0.15) is 12.8 Å². The van der Waals surface area contributed by atoms with Gasteiger partial charge in [-0.3, -0.25) is 0 Å². The van der Waals surface area contributed by atoms with Crippen molar-refractivity contribution < 1.29 is 14.3 Å². The minimum atomic E-state index is -0.528. The number of hydrogen-bond acceptors (Lipinski definition) is 4. The average molecular weight is 183 g/mol. The van der Waals surface area contributed by atoms with Crippen LogP contribution in [0.25, 0.3) is 0 Å². The third kappa shape index (κ3) is 1.54. The predicted octanol–water partition coefficient (Wildman–Crippen LogP) is 0.828. The number of allylic oxidation sites excluding steroid dienone is 1. The molecule has 72 valence electrons. The summed E-state index contributed by atoms with van der Waals surface area (Å²) in [5.74, 6) is 0. The maximum Gasteiger partial charge on any atom is 0.509 e. The molecule has 2 fully saturated rings. The molecule has 2 rings (SSSR count). The van der Waals surface area contributed by atoms with Crippen molar-refractivity contribution in [2.24, 2.45) is 0 Å². The van der Waals surface area contributed by atoms with Gasteiger partial charge in [0.05, 0.1) is 0 Å². The van der Waals surface area contributed by atoms with E-state index in [0.29, 0.717) is 6.54 Å². The van der Waals surface area contributed by atoms with Crippen molar-refractivity contribution in [2.45, 2.75) is 31.1 Å². The summed E-state index contributed by atoms with van der Waals surface area (Å²) in [7, 11) is 0. The Morgan fingerprint density at radius 1 is 1.62 bits per heavy atom. The van der Waals surface area contributed by atoms with Gasteiger partial charge in [0, 0.05) is 12.6 Å². The number of hydrogen-bond donors (Lipinski definition) is 1. The highest BCUT2D eigenvalue weighted by molar-refractivity contribution is 5.63. The number of ether oxygens (including phenoxy) is 2. The predicted molar refractivity (Wildman–Crippen MR) is 46.4 cm³/mol. The Bertz CT molecular complexity index is 229. The Morgan fingerprint density at radius 2 is 2.46 bits per heavy atom. The molecule has 2 aliphatic heterocycles. The van der Waals surface area contributed by atoms with Gasteiger partial charge in [0.25, 0.3) is 0 Å². The maximum atomic E-state index is 10.8. The molecule has 13 heavy (non-hydrogen) atoms. The standard InChI is InChI=1S/C9H13NO3/c1-2-3-4-6-8-7(5-10-6)12-9(11)13-8/h2,6-8,10H,1,3-5H2/t6?,7-,8+/m0/s1. The Kier molecular flexibility index (Phi) is 2.22. The highest BCUT2D eigenvalue weighted by atomic mass is 16.8. The van der Waals surface area contributed by atoms with Crippen molar-refractivity contribution in [3.63, 3.8) is 0 Å². The van der Waals surface area contributed by atoms with E-state index in [2.05, 4.69) is 11.9 Å². The summed E-state index contributed by atoms with van der Waals surface area (Å²) >= 11 is 0. The van der Waals surface area contributed by atoms with Gasteiger partial charge in [0.2, 0.25) is 0 Å². The van der Waals surface area contributed by atoms with Gasteiger partial charge in [-0.15, -0.1) is 6.58 Å². The van der Waals surface area contributed by atoms with Gasteiger partial charge in [-0.2, -0.15) is 0 Å². The molecule has 0 spiro atoms. The van der Waals surface area contributed by atoms with Crippen LogP contribution in [-0.4, -0.2) is 30.9 Å². The molecule has 1 N–H and O–H groups in total. The lowest BCUT2D eigenvalue weighted by Crippen LogP contribution is -2.32. The first-order chi connectivity index (χ1) is 6.31. The molecule has 4 heteroatoms. The van der Waals surface area contributed by atoms with E-state index in [1.165, 1.54) is 0 Å². The van der Waals surface area contributed by atoms with Gasteiger partial charge < -0.3 is 14.8 Å². The minimum absolute atomic E-state index is 0.0812. The lowest BCUT2D eigenvalue weighted by Gasteiger charge is -2.13. The summed E-state index contributed by atoms with van der Waals surface area (Å²) < 4.78 is 9.98. The molecule has 0 amide bonds. The Labute approximate surface area is 76.9 Å². The summed E-state index contributed by atoms with van der Waals surface area (Å²) in [4.78, 5) is 10.8. The number of rotatable bonds is 3. The van der Waals surface area contributed by atoms with Gasteiger partial charge in [0.1, 0.15) is 0 Å². The molecule has 1 unspecified atom stereocenters. The van der Waals surface area contributed by atoms with Crippen LogP contribution in [-0.2, 0) is 9.47 Å². The van der Waals surface area contributed by atoms with E-state index >= 15 is 0 Å². The molecule has 0 aliphatic carbocycles. The van der Waals surface area contributed by atoms with Crippen molar-refractivity contribution in [3.8, 4) is 0 Å². The average Bonchev–Trinajstić information content (AvgIpc) is 2.61. The highest BCUT2D eigenvalue weighted by Gasteiger charge is 2.46. The zero-order valence-corrected chi connectivity index (χ0v) is 7.36. The van der Waals surface area contributed by atoms with E-state index in [1.54, 1.807) is 0 Å². The fraction of sp³-hybridized carbons (Fsp3) is 0.667. The molecule has 0 radical (unpaired) electrons. The lowest BCUT2D eigenvalue weighted by molar-refractivity contribution is 0.104. The van der Waals surface area contributed by atoms with Crippen LogP contribution < -0.4 is 5.32 Å². The van der Waals surface area contributed by atoms with Gasteiger partial charge in [0.15, 0.2) is 12.2 Å². The molecule has 0 saturated carbocycles. The first-order valence-corrected chi connectivity index (χ1v) is 4.53. The molecule has 0 aromatic rings. The SMILES string of the molecule is C=CCCC1NC[C@@H]2OC(=O)O[C@H]12. The van der Waals surface area contributed by atoms with Gasteiger partial charge in [-0.05, 0) is 12.8 Å². The van der Waals surface area contributed by atoms with E-state index in [1.807, 2.05) is 6.08 Å². The lowest BCUT2D eigenvalue weighted by atomic mass is 10.1. The van der Waals surface area contributed by atoms with E-state index in [-0.39, 0.29) is 18.2 Å². The fourth-order valence-corrected chi connectivity index (χ4v) is 1.85. The maximum absolute atomic E-state index is 10.8. The molecule has 2 saturated heterocycles. The third-order valence-corrected chi connectivity index (χ3v) is 2.51. The van der Waals surface area contributed by atoms with Crippen molar-refractivity contribution in [1.29, 1.82) is 0 Å². The monoisotopic (exact) mass is 183 g/mol. The summed E-state index contributed by atoms with van der Waals surface area (Å²) in [6.45, 7) is 4.36. The van der Waals surface area contributed by atoms with E-state index in [9.17, 15) is 4.79 Å². The van der Waals surface area contributed by atoms with Crippen LogP contribution in [0.15, 0.2) is 12.7 Å². The minimum Gasteiger partial charge on any atom is -0.426 e. The molecule has 2 heterocycles. The van der Waals surface area contributed by atoms with E-state index in [0.717, 1.165) is 12.8 Å². The Balaban J connectivity index is 1.92. The number of carbonyl (C=O) groups is 1. The van der Waals surface area contributed by atoms with Crippen molar-refractivity contribution in [1.82, 2.24) is 5.32 Å². The quantitative estimate of drug-likeness (QED) is 0.520. The molecule has 3 atom stereocenters. The van der Waals surface area contributed by atoms with Crippen LogP contribution in [0.3, 0.4) is 0 Å². The fourth-order valence-electron chi connectivity index (χ4n) is 1.85. The second-order valence-corrected chi connectivity index (χ2v) is 3.37. The second kappa shape index (κ2) is 3.38. The Hall–Kier alpha value is -1.03. The summed E-state index contributed by atoms with van der Waals surface area (Å²) in [5, 5.41) is 3.26. The van der Waals surface area contributed by atoms with Gasteiger partial charge in [-0.1, -0.05) is 6.08 Å². The van der Waals surface area contributed by atoms with Crippen molar-refractivity contribution >= 4 is 6.16 Å². The van der Waals surface area contributed by atoms with Crippen molar-refractivity contribution in [2.75, 3.05) is 6.54 Å². The second-order valence-electron chi connectivity index (χ2n) is 3.37. The molecule has 4 nitrogen and oxygen atoms in total. The zero-order valence-electron chi connectivity index (χ0n) is 7.36. The van der Waals surface area contributed by atoms with Gasteiger partial charge in [-0.25, -0.2) is 4.79 Å². The smallest absolute Gasteiger partial charge is 0.426 e. The highest BCUT2D eigenvalue weighted by Crippen LogP contribution is 2.25.